The Morgan fingerprint density at radius 3 is 2.61 bits per heavy atom. The summed E-state index contributed by atoms with van der Waals surface area (Å²) in [7, 11) is 0. The molecule has 9 nitrogen and oxygen atoms in total. The molecule has 0 bridgehead atoms. The zero-order valence-electron chi connectivity index (χ0n) is 21.4. The topological polar surface area (TPSA) is 105 Å². The summed E-state index contributed by atoms with van der Waals surface area (Å²) in [5, 5.41) is 2.50. The van der Waals surface area contributed by atoms with Crippen LogP contribution in [0, 0.1) is 24.6 Å². The van der Waals surface area contributed by atoms with E-state index in [9.17, 15) is 31.9 Å². The lowest BCUT2D eigenvalue weighted by Crippen LogP contribution is -2.48. The maximum Gasteiger partial charge on any atom is 0.416 e. The van der Waals surface area contributed by atoms with Crippen molar-refractivity contribution >= 4 is 35.2 Å². The fourth-order valence-electron chi connectivity index (χ4n) is 3.85. The molecule has 0 saturated carbocycles. The van der Waals surface area contributed by atoms with Crippen LogP contribution in [0.1, 0.15) is 17.0 Å². The lowest BCUT2D eigenvalue weighted by Gasteiger charge is -2.27. The Bertz CT molecular complexity index is 1560. The molecule has 1 aliphatic rings. The summed E-state index contributed by atoms with van der Waals surface area (Å²) in [5.41, 5.74) is -0.617. The smallest absolute Gasteiger partial charge is 0.416 e. The van der Waals surface area contributed by atoms with Crippen LogP contribution >= 0.6 is 0 Å². The summed E-state index contributed by atoms with van der Waals surface area (Å²) in [4.78, 5) is 48.0. The van der Waals surface area contributed by atoms with Gasteiger partial charge in [-0.3, -0.25) is 14.5 Å². The van der Waals surface area contributed by atoms with E-state index >= 15 is 0 Å². The average molecular weight is 567 g/mol. The normalized spacial score (nSPS) is 14.5. The molecule has 13 heteroatoms. The third kappa shape index (κ3) is 6.85. The minimum Gasteiger partial charge on any atom is -0.446 e. The Morgan fingerprint density at radius 2 is 1.93 bits per heavy atom. The van der Waals surface area contributed by atoms with Gasteiger partial charge >= 0.3 is 12.3 Å². The first-order valence-corrected chi connectivity index (χ1v) is 11.9. The molecule has 41 heavy (non-hydrogen) atoms. The number of cyclic esters (lactones) is 1. The van der Waals surface area contributed by atoms with Crippen molar-refractivity contribution < 1.29 is 36.7 Å². The van der Waals surface area contributed by atoms with Crippen LogP contribution in [0.4, 0.5) is 39.7 Å². The number of carbonyl (C=O) groups excluding carboxylic acids is 3. The van der Waals surface area contributed by atoms with Crippen LogP contribution in [-0.2, 0) is 20.5 Å². The molecular formula is C28H21F4N5O4. The van der Waals surface area contributed by atoms with Gasteiger partial charge in [-0.1, -0.05) is 18.6 Å². The lowest BCUT2D eigenvalue weighted by molar-refractivity contribution is -0.137. The van der Waals surface area contributed by atoms with E-state index in [4.69, 9.17) is 4.74 Å². The summed E-state index contributed by atoms with van der Waals surface area (Å²) in [5.74, 6) is 3.54. The molecular weight excluding hydrogens is 546 g/mol. The SMILES string of the molecule is C=CC(=O)Nc1cccc(C#CCN(C(=O)C2COC(=O)N2c2cc(C(F)(F)F)cc(C)n2)c2ccc(F)cc2)n1. The summed E-state index contributed by atoms with van der Waals surface area (Å²) < 4.78 is 59.0. The Kier molecular flexibility index (Phi) is 8.32. The quantitative estimate of drug-likeness (QED) is 0.268. The van der Waals surface area contributed by atoms with E-state index in [1.54, 1.807) is 12.1 Å². The number of hydrogen-bond acceptors (Lipinski definition) is 6. The number of anilines is 3. The first-order valence-electron chi connectivity index (χ1n) is 11.9. The summed E-state index contributed by atoms with van der Waals surface area (Å²) in [6.07, 6.45) is -4.70. The van der Waals surface area contributed by atoms with Gasteiger partial charge in [0.05, 0.1) is 12.1 Å². The van der Waals surface area contributed by atoms with Crippen molar-refractivity contribution in [3.05, 3.63) is 90.0 Å². The monoisotopic (exact) mass is 567 g/mol. The molecule has 1 saturated heterocycles. The van der Waals surface area contributed by atoms with Crippen LogP contribution in [0.5, 0.6) is 0 Å². The van der Waals surface area contributed by atoms with Gasteiger partial charge in [-0.05, 0) is 67.5 Å². The van der Waals surface area contributed by atoms with Crippen LogP contribution in [0.3, 0.4) is 0 Å². The Morgan fingerprint density at radius 1 is 1.20 bits per heavy atom. The predicted octanol–water partition coefficient (Wildman–Crippen LogP) is 4.48. The number of halogens is 4. The highest BCUT2D eigenvalue weighted by atomic mass is 19.4. The third-order valence-electron chi connectivity index (χ3n) is 5.72. The van der Waals surface area contributed by atoms with E-state index in [2.05, 4.69) is 33.7 Å². The van der Waals surface area contributed by atoms with Crippen LogP contribution in [0.15, 0.2) is 67.3 Å². The maximum absolute atomic E-state index is 13.7. The number of alkyl halides is 3. The summed E-state index contributed by atoms with van der Waals surface area (Å²) in [6, 6.07) is 9.64. The standard InChI is InChI=1S/C28H21F4N5O4/c1-3-25(38)35-23-8-4-6-20(34-23)7-5-13-36(21-11-9-19(29)10-12-21)26(39)22-16-41-27(40)37(22)24-15-18(28(30,31)32)14-17(2)33-24/h3-4,6,8-12,14-15,22H,1,13,16H2,2H3,(H,34,35,38). The Hall–Kier alpha value is -5.25. The van der Waals surface area contributed by atoms with Crippen LogP contribution in [0.2, 0.25) is 0 Å². The van der Waals surface area contributed by atoms with Crippen LogP contribution in [0.25, 0.3) is 0 Å². The fourth-order valence-corrected chi connectivity index (χ4v) is 3.85. The number of nitrogens with zero attached hydrogens (tertiary/aromatic N) is 4. The molecule has 0 radical (unpaired) electrons. The molecule has 1 unspecified atom stereocenters. The Labute approximate surface area is 231 Å². The van der Waals surface area contributed by atoms with E-state index in [1.807, 2.05) is 0 Å². The average Bonchev–Trinajstić information content (AvgIpc) is 3.32. The van der Waals surface area contributed by atoms with E-state index in [0.29, 0.717) is 6.07 Å². The third-order valence-corrected chi connectivity index (χ3v) is 5.72. The molecule has 1 N–H and O–H groups in total. The van der Waals surface area contributed by atoms with E-state index in [1.165, 1.54) is 25.1 Å². The zero-order chi connectivity index (χ0) is 29.7. The molecule has 1 atom stereocenters. The summed E-state index contributed by atoms with van der Waals surface area (Å²) in [6.45, 7) is 3.95. The second-order valence-electron chi connectivity index (χ2n) is 8.62. The molecule has 0 spiro atoms. The molecule has 210 valence electrons. The number of ether oxygens (including phenoxy) is 1. The lowest BCUT2D eigenvalue weighted by atomic mass is 10.1. The second kappa shape index (κ2) is 11.9. The van der Waals surface area contributed by atoms with Crippen molar-refractivity contribution in [2.24, 2.45) is 0 Å². The molecule has 3 aromatic rings. The highest BCUT2D eigenvalue weighted by Crippen LogP contribution is 2.33. The largest absolute Gasteiger partial charge is 0.446 e. The number of rotatable bonds is 6. The minimum atomic E-state index is -4.72. The molecule has 3 heterocycles. The second-order valence-corrected chi connectivity index (χ2v) is 8.62. The van der Waals surface area contributed by atoms with Gasteiger partial charge in [-0.2, -0.15) is 13.2 Å². The van der Waals surface area contributed by atoms with Gasteiger partial charge in [0.25, 0.3) is 5.91 Å². The van der Waals surface area contributed by atoms with E-state index in [-0.39, 0.29) is 29.4 Å². The van der Waals surface area contributed by atoms with Crippen molar-refractivity contribution in [1.82, 2.24) is 9.97 Å². The van der Waals surface area contributed by atoms with Gasteiger partial charge in [0, 0.05) is 11.4 Å². The van der Waals surface area contributed by atoms with Gasteiger partial charge in [-0.15, -0.1) is 0 Å². The molecule has 1 fully saturated rings. The molecule has 3 amide bonds. The molecule has 4 rings (SSSR count). The van der Waals surface area contributed by atoms with Crippen LogP contribution < -0.4 is 15.1 Å². The van der Waals surface area contributed by atoms with E-state index in [0.717, 1.165) is 34.1 Å². The van der Waals surface area contributed by atoms with Crippen LogP contribution in [-0.4, -0.2) is 47.1 Å². The molecule has 0 aliphatic carbocycles. The highest BCUT2D eigenvalue weighted by Gasteiger charge is 2.43. The Balaban J connectivity index is 1.66. The van der Waals surface area contributed by atoms with Crippen molar-refractivity contribution in [3.63, 3.8) is 0 Å². The zero-order valence-corrected chi connectivity index (χ0v) is 21.4. The highest BCUT2D eigenvalue weighted by molar-refractivity contribution is 6.06. The van der Waals surface area contributed by atoms with Gasteiger partial charge < -0.3 is 10.1 Å². The molecule has 1 aromatic carbocycles. The van der Waals surface area contributed by atoms with Gasteiger partial charge in [0.1, 0.15) is 29.8 Å². The van der Waals surface area contributed by atoms with Crippen molar-refractivity contribution in [1.29, 1.82) is 0 Å². The number of amides is 3. The summed E-state index contributed by atoms with van der Waals surface area (Å²) >= 11 is 0. The van der Waals surface area contributed by atoms with Crippen molar-refractivity contribution in [2.45, 2.75) is 19.1 Å². The minimum absolute atomic E-state index is 0.0269. The van der Waals surface area contributed by atoms with Gasteiger partial charge in [0.2, 0.25) is 5.91 Å². The molecule has 1 aliphatic heterocycles. The number of hydrogen-bond donors (Lipinski definition) is 1. The van der Waals surface area contributed by atoms with Crippen molar-refractivity contribution in [2.75, 3.05) is 28.3 Å². The first kappa shape index (κ1) is 28.8. The number of nitrogens with one attached hydrogen (secondary N) is 1. The van der Waals surface area contributed by atoms with Gasteiger partial charge in [-0.25, -0.2) is 24.1 Å². The number of carbonyl (C=O) groups is 3. The number of aryl methyl sites for hydroxylation is 1. The van der Waals surface area contributed by atoms with Gasteiger partial charge in [0.15, 0.2) is 6.04 Å². The predicted molar refractivity (Wildman–Crippen MR) is 140 cm³/mol. The number of benzene rings is 1. The van der Waals surface area contributed by atoms with E-state index < -0.39 is 53.9 Å². The van der Waals surface area contributed by atoms with Crippen molar-refractivity contribution in [3.8, 4) is 11.8 Å². The fraction of sp³-hybridized carbons (Fsp3) is 0.179. The molecule has 2 aromatic heterocycles. The maximum atomic E-state index is 13.7. The first-order chi connectivity index (χ1) is 19.5. The number of pyridine rings is 2. The number of aromatic nitrogens is 2.